The molecular weight excluding hydrogens is 364 g/mol. The summed E-state index contributed by atoms with van der Waals surface area (Å²) < 4.78 is 40.5. The smallest absolute Gasteiger partial charge is 0.422 e. The Kier molecular flexibility index (Phi) is 6.73. The molecule has 1 aromatic rings. The van der Waals surface area contributed by atoms with Crippen LogP contribution in [0.5, 0.6) is 5.75 Å². The Bertz CT molecular complexity index is 407. The maximum atomic E-state index is 12.0. The van der Waals surface area contributed by atoms with Crippen LogP contribution in [0.1, 0.15) is 5.56 Å². The third kappa shape index (κ3) is 6.47. The van der Waals surface area contributed by atoms with E-state index >= 15 is 0 Å². The summed E-state index contributed by atoms with van der Waals surface area (Å²) in [5.41, 5.74) is 10.7. The second-order valence-corrected chi connectivity index (χ2v) is 3.13. The normalized spacial score (nSPS) is 10.4. The highest BCUT2D eigenvalue weighted by atomic mass is 127. The molecule has 1 heterocycles. The van der Waals surface area contributed by atoms with Gasteiger partial charge in [0.25, 0.3) is 0 Å². The molecule has 0 radical (unpaired) electrons. The van der Waals surface area contributed by atoms with Gasteiger partial charge in [-0.2, -0.15) is 13.2 Å². The Labute approximate surface area is 118 Å². The fourth-order valence-corrected chi connectivity index (χ4v) is 1.01. The van der Waals surface area contributed by atoms with Crippen LogP contribution in [-0.2, 0) is 6.54 Å². The number of hydrogen-bond acceptors (Lipinski definition) is 3. The summed E-state index contributed by atoms with van der Waals surface area (Å²) in [6.45, 7) is -1.34. The van der Waals surface area contributed by atoms with E-state index < -0.39 is 12.8 Å². The summed E-state index contributed by atoms with van der Waals surface area (Å²) in [5.74, 6) is -0.140. The summed E-state index contributed by atoms with van der Waals surface area (Å²) in [6, 6.07) is 1.48. The van der Waals surface area contributed by atoms with E-state index in [1.807, 2.05) is 0 Å². The molecular formula is C9H12F3IN4O. The van der Waals surface area contributed by atoms with E-state index in [1.54, 1.807) is 0 Å². The largest absolute Gasteiger partial charge is 0.482 e. The zero-order valence-corrected chi connectivity index (χ0v) is 11.5. The SMILES string of the molecule is I.NC(N)=NCc1ccncc1OCC(F)(F)F. The van der Waals surface area contributed by atoms with Gasteiger partial charge in [0.2, 0.25) is 0 Å². The minimum absolute atomic E-state index is 0. The molecule has 5 nitrogen and oxygen atoms in total. The van der Waals surface area contributed by atoms with Gasteiger partial charge >= 0.3 is 6.18 Å². The van der Waals surface area contributed by atoms with Crippen molar-refractivity contribution in [1.29, 1.82) is 0 Å². The minimum atomic E-state index is -4.40. The van der Waals surface area contributed by atoms with Crippen molar-refractivity contribution >= 4 is 29.9 Å². The molecule has 102 valence electrons. The molecule has 18 heavy (non-hydrogen) atoms. The summed E-state index contributed by atoms with van der Waals surface area (Å²) in [7, 11) is 0. The molecule has 0 aliphatic carbocycles. The van der Waals surface area contributed by atoms with Crippen molar-refractivity contribution in [2.24, 2.45) is 16.5 Å². The second kappa shape index (κ2) is 7.24. The molecule has 0 amide bonds. The topological polar surface area (TPSA) is 86.5 Å². The van der Waals surface area contributed by atoms with Crippen LogP contribution >= 0.6 is 24.0 Å². The quantitative estimate of drug-likeness (QED) is 0.473. The van der Waals surface area contributed by atoms with Crippen LogP contribution in [0, 0.1) is 0 Å². The number of aliphatic imine (C=N–C) groups is 1. The second-order valence-electron chi connectivity index (χ2n) is 3.13. The van der Waals surface area contributed by atoms with Gasteiger partial charge in [-0.25, -0.2) is 4.99 Å². The lowest BCUT2D eigenvalue weighted by atomic mass is 10.2. The number of hydrogen-bond donors (Lipinski definition) is 2. The first-order valence-corrected chi connectivity index (χ1v) is 4.56. The van der Waals surface area contributed by atoms with Crippen LogP contribution < -0.4 is 16.2 Å². The number of guanidine groups is 1. The molecule has 0 saturated heterocycles. The van der Waals surface area contributed by atoms with E-state index in [9.17, 15) is 13.2 Å². The van der Waals surface area contributed by atoms with Gasteiger partial charge in [0, 0.05) is 11.8 Å². The van der Waals surface area contributed by atoms with Gasteiger partial charge in [-0.15, -0.1) is 24.0 Å². The van der Waals surface area contributed by atoms with E-state index in [-0.39, 0.29) is 42.2 Å². The van der Waals surface area contributed by atoms with Gasteiger partial charge in [0.05, 0.1) is 12.7 Å². The fourth-order valence-electron chi connectivity index (χ4n) is 1.01. The molecule has 0 fully saturated rings. The van der Waals surface area contributed by atoms with Gasteiger partial charge in [-0.05, 0) is 6.07 Å². The number of rotatable bonds is 4. The lowest BCUT2D eigenvalue weighted by Crippen LogP contribution is -2.23. The first-order valence-electron chi connectivity index (χ1n) is 4.56. The van der Waals surface area contributed by atoms with Crippen LogP contribution in [-0.4, -0.2) is 23.7 Å². The third-order valence-electron chi connectivity index (χ3n) is 1.69. The first kappa shape index (κ1) is 16.7. The monoisotopic (exact) mass is 376 g/mol. The van der Waals surface area contributed by atoms with Crippen molar-refractivity contribution in [2.75, 3.05) is 6.61 Å². The van der Waals surface area contributed by atoms with Crippen LogP contribution in [0.25, 0.3) is 0 Å². The van der Waals surface area contributed by atoms with Gasteiger partial charge in [0.15, 0.2) is 12.6 Å². The van der Waals surface area contributed by atoms with Crippen LogP contribution in [0.4, 0.5) is 13.2 Å². The lowest BCUT2D eigenvalue weighted by Gasteiger charge is -2.11. The highest BCUT2D eigenvalue weighted by molar-refractivity contribution is 14.0. The van der Waals surface area contributed by atoms with E-state index in [2.05, 4.69) is 14.7 Å². The molecule has 0 aliphatic rings. The zero-order valence-electron chi connectivity index (χ0n) is 9.15. The molecule has 0 unspecified atom stereocenters. The molecule has 0 atom stereocenters. The Morgan fingerprint density at radius 3 is 2.61 bits per heavy atom. The summed E-state index contributed by atoms with van der Waals surface area (Å²) in [4.78, 5) is 7.35. The number of alkyl halides is 3. The Hall–Kier alpha value is -1.26. The van der Waals surface area contributed by atoms with Gasteiger partial charge in [-0.3, -0.25) is 4.98 Å². The van der Waals surface area contributed by atoms with Crippen molar-refractivity contribution in [3.05, 3.63) is 24.0 Å². The molecule has 0 bridgehead atoms. The third-order valence-corrected chi connectivity index (χ3v) is 1.69. The van der Waals surface area contributed by atoms with E-state index in [1.165, 1.54) is 18.5 Å². The van der Waals surface area contributed by atoms with Crippen LogP contribution in [0.15, 0.2) is 23.5 Å². The van der Waals surface area contributed by atoms with Gasteiger partial charge in [0.1, 0.15) is 5.75 Å². The molecule has 0 aromatic carbocycles. The highest BCUT2D eigenvalue weighted by Crippen LogP contribution is 2.21. The number of nitrogens with zero attached hydrogens (tertiary/aromatic N) is 2. The Morgan fingerprint density at radius 2 is 2.06 bits per heavy atom. The average molecular weight is 376 g/mol. The zero-order chi connectivity index (χ0) is 12.9. The fraction of sp³-hybridized carbons (Fsp3) is 0.333. The van der Waals surface area contributed by atoms with E-state index in [0.717, 1.165) is 0 Å². The van der Waals surface area contributed by atoms with Crippen molar-refractivity contribution in [3.8, 4) is 5.75 Å². The number of ether oxygens (including phenoxy) is 1. The maximum absolute atomic E-state index is 12.0. The maximum Gasteiger partial charge on any atom is 0.422 e. The van der Waals surface area contributed by atoms with E-state index in [4.69, 9.17) is 11.5 Å². The first-order chi connectivity index (χ1) is 7.88. The molecule has 0 aliphatic heterocycles. The minimum Gasteiger partial charge on any atom is -0.482 e. The summed E-state index contributed by atoms with van der Waals surface area (Å²) in [5, 5.41) is 0. The van der Waals surface area contributed by atoms with Crippen molar-refractivity contribution in [1.82, 2.24) is 4.98 Å². The molecule has 0 saturated carbocycles. The molecule has 9 heteroatoms. The van der Waals surface area contributed by atoms with Crippen LogP contribution in [0.3, 0.4) is 0 Å². The van der Waals surface area contributed by atoms with Crippen molar-refractivity contribution in [2.45, 2.75) is 12.7 Å². The predicted molar refractivity (Wildman–Crippen MR) is 70.7 cm³/mol. The molecule has 1 rings (SSSR count). The van der Waals surface area contributed by atoms with Crippen LogP contribution in [0.2, 0.25) is 0 Å². The molecule has 1 aromatic heterocycles. The average Bonchev–Trinajstić information content (AvgIpc) is 2.23. The molecule has 0 spiro atoms. The standard InChI is InChI=1S/C9H11F3N4O.HI/c10-9(11,12)5-17-7-4-15-2-1-6(7)3-16-8(13)14;/h1-2,4H,3,5H2,(H4,13,14,16);1H. The number of pyridine rings is 1. The van der Waals surface area contributed by atoms with E-state index in [0.29, 0.717) is 5.56 Å². The Balaban J connectivity index is 0.00000289. The predicted octanol–water partition coefficient (Wildman–Crippen LogP) is 1.41. The number of halogens is 4. The summed E-state index contributed by atoms with van der Waals surface area (Å²) >= 11 is 0. The Morgan fingerprint density at radius 1 is 1.39 bits per heavy atom. The van der Waals surface area contributed by atoms with Crippen molar-refractivity contribution < 1.29 is 17.9 Å². The number of nitrogens with two attached hydrogens (primary N) is 2. The summed E-state index contributed by atoms with van der Waals surface area (Å²) in [6.07, 6.45) is -1.80. The lowest BCUT2D eigenvalue weighted by molar-refractivity contribution is -0.153. The van der Waals surface area contributed by atoms with Gasteiger partial charge in [-0.1, -0.05) is 0 Å². The molecule has 4 N–H and O–H groups in total. The number of aromatic nitrogens is 1. The van der Waals surface area contributed by atoms with Gasteiger partial charge < -0.3 is 16.2 Å². The van der Waals surface area contributed by atoms with Crippen molar-refractivity contribution in [3.63, 3.8) is 0 Å². The highest BCUT2D eigenvalue weighted by Gasteiger charge is 2.28.